The Balaban J connectivity index is 2.25. The van der Waals surface area contributed by atoms with Crippen LogP contribution in [0.15, 0.2) is 42.6 Å². The maximum Gasteiger partial charge on any atom is 0.126 e. The van der Waals surface area contributed by atoms with Gasteiger partial charge in [-0.05, 0) is 36.2 Å². The summed E-state index contributed by atoms with van der Waals surface area (Å²) in [6.07, 6.45) is 1.74. The van der Waals surface area contributed by atoms with Gasteiger partial charge in [0.2, 0.25) is 0 Å². The van der Waals surface area contributed by atoms with Crippen LogP contribution in [0.3, 0.4) is 0 Å². The Morgan fingerprint density at radius 3 is 2.61 bits per heavy atom. The number of aromatic nitrogens is 1. The molecule has 2 unspecified atom stereocenters. The Labute approximate surface area is 107 Å². The molecule has 2 rings (SSSR count). The van der Waals surface area contributed by atoms with Crippen LogP contribution >= 0.6 is 0 Å². The minimum atomic E-state index is -0.255. The van der Waals surface area contributed by atoms with Gasteiger partial charge >= 0.3 is 0 Å². The lowest BCUT2D eigenvalue weighted by Crippen LogP contribution is -2.18. The average molecular weight is 244 g/mol. The smallest absolute Gasteiger partial charge is 0.126 e. The Bertz CT molecular complexity index is 525. The molecule has 1 aromatic carbocycles. The first kappa shape index (κ1) is 12.7. The largest absolute Gasteiger partial charge is 0.323 e. The van der Waals surface area contributed by atoms with Crippen molar-refractivity contribution in [2.45, 2.75) is 25.8 Å². The van der Waals surface area contributed by atoms with E-state index in [1.165, 1.54) is 6.07 Å². The van der Waals surface area contributed by atoms with Crippen molar-refractivity contribution in [2.75, 3.05) is 0 Å². The van der Waals surface area contributed by atoms with Crippen LogP contribution < -0.4 is 5.73 Å². The standard InChI is InChI=1S/C15H17FN2/c1-10-6-7-12(9-13(10)16)15(17)11(2)14-5-3-4-8-18-14/h3-9,11,15H,17H2,1-2H3. The molecule has 0 aliphatic rings. The molecule has 2 aromatic rings. The van der Waals surface area contributed by atoms with Crippen molar-refractivity contribution in [2.24, 2.45) is 5.73 Å². The van der Waals surface area contributed by atoms with Gasteiger partial charge < -0.3 is 5.73 Å². The van der Waals surface area contributed by atoms with Crippen molar-refractivity contribution < 1.29 is 4.39 Å². The molecule has 94 valence electrons. The van der Waals surface area contributed by atoms with Crippen LogP contribution in [0.25, 0.3) is 0 Å². The molecule has 1 aromatic heterocycles. The summed E-state index contributed by atoms with van der Waals surface area (Å²) in [5, 5.41) is 0. The van der Waals surface area contributed by atoms with Gasteiger partial charge in [-0.3, -0.25) is 4.98 Å². The highest BCUT2D eigenvalue weighted by molar-refractivity contribution is 5.28. The number of pyridine rings is 1. The van der Waals surface area contributed by atoms with Gasteiger partial charge in [-0.2, -0.15) is 0 Å². The summed E-state index contributed by atoms with van der Waals surface area (Å²) in [6, 6.07) is 10.6. The summed E-state index contributed by atoms with van der Waals surface area (Å²) in [6.45, 7) is 3.75. The number of rotatable bonds is 3. The van der Waals surface area contributed by atoms with Crippen molar-refractivity contribution >= 4 is 0 Å². The van der Waals surface area contributed by atoms with Gasteiger partial charge in [-0.1, -0.05) is 25.1 Å². The highest BCUT2D eigenvalue weighted by Crippen LogP contribution is 2.27. The molecule has 0 aliphatic heterocycles. The van der Waals surface area contributed by atoms with E-state index in [9.17, 15) is 4.39 Å². The van der Waals surface area contributed by atoms with E-state index in [2.05, 4.69) is 4.98 Å². The zero-order chi connectivity index (χ0) is 13.1. The Kier molecular flexibility index (Phi) is 3.72. The van der Waals surface area contributed by atoms with E-state index in [1.54, 1.807) is 19.2 Å². The third-order valence-electron chi connectivity index (χ3n) is 3.27. The van der Waals surface area contributed by atoms with E-state index in [4.69, 9.17) is 5.73 Å². The Morgan fingerprint density at radius 2 is 2.00 bits per heavy atom. The fraction of sp³-hybridized carbons (Fsp3) is 0.267. The molecule has 2 nitrogen and oxygen atoms in total. The van der Waals surface area contributed by atoms with Crippen LogP contribution in [0.2, 0.25) is 0 Å². The number of hydrogen-bond acceptors (Lipinski definition) is 2. The lowest BCUT2D eigenvalue weighted by atomic mass is 9.92. The van der Waals surface area contributed by atoms with Crippen LogP contribution in [-0.2, 0) is 0 Å². The van der Waals surface area contributed by atoms with E-state index >= 15 is 0 Å². The van der Waals surface area contributed by atoms with Crippen molar-refractivity contribution in [3.05, 3.63) is 65.2 Å². The Hall–Kier alpha value is -1.74. The molecule has 0 bridgehead atoms. The number of aryl methyl sites for hydroxylation is 1. The van der Waals surface area contributed by atoms with E-state index in [-0.39, 0.29) is 17.8 Å². The second-order valence-electron chi connectivity index (χ2n) is 4.58. The molecule has 0 fully saturated rings. The third-order valence-corrected chi connectivity index (χ3v) is 3.27. The number of hydrogen-bond donors (Lipinski definition) is 1. The van der Waals surface area contributed by atoms with Crippen molar-refractivity contribution in [3.63, 3.8) is 0 Å². The summed E-state index contributed by atoms with van der Waals surface area (Å²) in [5.41, 5.74) is 8.54. The van der Waals surface area contributed by atoms with Crippen molar-refractivity contribution in [1.82, 2.24) is 4.98 Å². The predicted octanol–water partition coefficient (Wildman–Crippen LogP) is 3.33. The predicted molar refractivity (Wildman–Crippen MR) is 70.7 cm³/mol. The van der Waals surface area contributed by atoms with E-state index in [0.29, 0.717) is 5.56 Å². The van der Waals surface area contributed by atoms with Gasteiger partial charge in [-0.15, -0.1) is 0 Å². The molecule has 1 heterocycles. The lowest BCUT2D eigenvalue weighted by Gasteiger charge is -2.20. The van der Waals surface area contributed by atoms with Gasteiger partial charge in [0, 0.05) is 23.9 Å². The summed E-state index contributed by atoms with van der Waals surface area (Å²) in [7, 11) is 0. The summed E-state index contributed by atoms with van der Waals surface area (Å²) in [5.74, 6) is -0.163. The molecule has 3 heteroatoms. The Morgan fingerprint density at radius 1 is 1.22 bits per heavy atom. The second kappa shape index (κ2) is 5.27. The highest BCUT2D eigenvalue weighted by atomic mass is 19.1. The van der Waals surface area contributed by atoms with E-state index in [1.807, 2.05) is 31.2 Å². The maximum atomic E-state index is 13.5. The van der Waals surface area contributed by atoms with E-state index < -0.39 is 0 Å². The molecule has 2 atom stereocenters. The minimum Gasteiger partial charge on any atom is -0.323 e. The molecule has 0 saturated carbocycles. The summed E-state index contributed by atoms with van der Waals surface area (Å²) < 4.78 is 13.5. The van der Waals surface area contributed by atoms with Crippen molar-refractivity contribution in [3.8, 4) is 0 Å². The minimum absolute atomic E-state index is 0.0494. The van der Waals surface area contributed by atoms with Gasteiger partial charge in [0.15, 0.2) is 0 Å². The number of halogens is 1. The van der Waals surface area contributed by atoms with Crippen LogP contribution in [0.4, 0.5) is 4.39 Å². The van der Waals surface area contributed by atoms with Gasteiger partial charge in [0.05, 0.1) is 0 Å². The summed E-state index contributed by atoms with van der Waals surface area (Å²) >= 11 is 0. The fourth-order valence-corrected chi connectivity index (χ4v) is 1.93. The third kappa shape index (κ3) is 2.57. The van der Waals surface area contributed by atoms with Crippen LogP contribution in [-0.4, -0.2) is 4.98 Å². The zero-order valence-electron chi connectivity index (χ0n) is 10.6. The number of nitrogens with two attached hydrogens (primary N) is 1. The molecule has 0 amide bonds. The molecule has 2 N–H and O–H groups in total. The first-order chi connectivity index (χ1) is 8.59. The highest BCUT2D eigenvalue weighted by Gasteiger charge is 2.18. The zero-order valence-corrected chi connectivity index (χ0v) is 10.6. The summed E-state index contributed by atoms with van der Waals surface area (Å²) in [4.78, 5) is 4.29. The normalized spacial score (nSPS) is 14.2. The molecular formula is C15H17FN2. The maximum absolute atomic E-state index is 13.5. The van der Waals surface area contributed by atoms with Gasteiger partial charge in [0.1, 0.15) is 5.82 Å². The second-order valence-corrected chi connectivity index (χ2v) is 4.58. The quantitative estimate of drug-likeness (QED) is 0.899. The van der Waals surface area contributed by atoms with E-state index in [0.717, 1.165) is 11.3 Å². The molecule has 0 aliphatic carbocycles. The monoisotopic (exact) mass is 244 g/mol. The lowest BCUT2D eigenvalue weighted by molar-refractivity contribution is 0.570. The topological polar surface area (TPSA) is 38.9 Å². The van der Waals surface area contributed by atoms with Crippen LogP contribution in [0, 0.1) is 12.7 Å². The molecule has 0 radical (unpaired) electrons. The first-order valence-corrected chi connectivity index (χ1v) is 6.02. The van der Waals surface area contributed by atoms with Crippen LogP contribution in [0.1, 0.15) is 35.7 Å². The number of nitrogens with zero attached hydrogens (tertiary/aromatic N) is 1. The first-order valence-electron chi connectivity index (χ1n) is 6.02. The fourth-order valence-electron chi connectivity index (χ4n) is 1.93. The molecule has 18 heavy (non-hydrogen) atoms. The van der Waals surface area contributed by atoms with Crippen LogP contribution in [0.5, 0.6) is 0 Å². The van der Waals surface area contributed by atoms with Crippen molar-refractivity contribution in [1.29, 1.82) is 0 Å². The molecule has 0 spiro atoms. The van der Waals surface area contributed by atoms with Gasteiger partial charge in [0.25, 0.3) is 0 Å². The molecular weight excluding hydrogens is 227 g/mol. The number of benzene rings is 1. The SMILES string of the molecule is Cc1ccc(C(N)C(C)c2ccccn2)cc1F. The van der Waals surface area contributed by atoms with Gasteiger partial charge in [-0.25, -0.2) is 4.39 Å². The molecule has 0 saturated heterocycles. The average Bonchev–Trinajstić information content (AvgIpc) is 2.41.